The summed E-state index contributed by atoms with van der Waals surface area (Å²) in [6, 6.07) is 12.3. The molecule has 0 N–H and O–H groups in total. The van der Waals surface area contributed by atoms with E-state index in [9.17, 15) is 0 Å². The quantitative estimate of drug-likeness (QED) is 0.589. The molecule has 0 saturated heterocycles. The molecule has 21 heavy (non-hydrogen) atoms. The summed E-state index contributed by atoms with van der Waals surface area (Å²) in [5.74, 6) is 1.78. The molecule has 0 radical (unpaired) electrons. The fourth-order valence-corrected chi connectivity index (χ4v) is 3.20. The van der Waals surface area contributed by atoms with Gasteiger partial charge in [-0.3, -0.25) is 0 Å². The van der Waals surface area contributed by atoms with Crippen LogP contribution in [0, 0.1) is 6.92 Å². The van der Waals surface area contributed by atoms with Crippen LogP contribution in [0.5, 0.6) is 11.5 Å². The highest BCUT2D eigenvalue weighted by molar-refractivity contribution is 9.10. The standard InChI is InChI=1S/C17H18Br2O2/c1-4-21-15-8-7-13(18)10-14(15)17(19)12-6-5-11(2)16(9-12)20-3/h5-10,17H,4H2,1-3H3. The highest BCUT2D eigenvalue weighted by Crippen LogP contribution is 2.39. The van der Waals surface area contributed by atoms with E-state index in [2.05, 4.69) is 56.1 Å². The summed E-state index contributed by atoms with van der Waals surface area (Å²) < 4.78 is 12.2. The molecule has 0 fully saturated rings. The molecule has 2 nitrogen and oxygen atoms in total. The lowest BCUT2D eigenvalue weighted by atomic mass is 10.0. The first-order valence-electron chi connectivity index (χ1n) is 6.77. The van der Waals surface area contributed by atoms with Gasteiger partial charge in [-0.15, -0.1) is 0 Å². The Kier molecular flexibility index (Phi) is 5.71. The smallest absolute Gasteiger partial charge is 0.124 e. The van der Waals surface area contributed by atoms with Crippen molar-refractivity contribution >= 4 is 31.9 Å². The Hall–Kier alpha value is -1.00. The van der Waals surface area contributed by atoms with Crippen molar-refractivity contribution in [1.82, 2.24) is 0 Å². The van der Waals surface area contributed by atoms with Crippen molar-refractivity contribution in [1.29, 1.82) is 0 Å². The Morgan fingerprint density at radius 2 is 1.86 bits per heavy atom. The predicted molar refractivity (Wildman–Crippen MR) is 93.8 cm³/mol. The predicted octanol–water partition coefficient (Wildman–Crippen LogP) is 5.65. The van der Waals surface area contributed by atoms with Crippen LogP contribution in [0.4, 0.5) is 0 Å². The number of benzene rings is 2. The summed E-state index contributed by atoms with van der Waals surface area (Å²) in [6.45, 7) is 4.67. The summed E-state index contributed by atoms with van der Waals surface area (Å²) >= 11 is 7.31. The summed E-state index contributed by atoms with van der Waals surface area (Å²) in [7, 11) is 1.69. The van der Waals surface area contributed by atoms with E-state index >= 15 is 0 Å². The van der Waals surface area contributed by atoms with E-state index < -0.39 is 0 Å². The number of ether oxygens (including phenoxy) is 2. The highest BCUT2D eigenvalue weighted by atomic mass is 79.9. The molecule has 1 atom stereocenters. The second-order valence-corrected chi connectivity index (χ2v) is 6.54. The number of aryl methyl sites for hydroxylation is 1. The Balaban J connectivity index is 2.43. The van der Waals surface area contributed by atoms with Crippen LogP contribution in [0.15, 0.2) is 40.9 Å². The molecule has 112 valence electrons. The van der Waals surface area contributed by atoms with E-state index in [-0.39, 0.29) is 4.83 Å². The first-order chi connectivity index (χ1) is 10.1. The third-order valence-corrected chi connectivity index (χ3v) is 4.78. The lowest BCUT2D eigenvalue weighted by Gasteiger charge is -2.17. The topological polar surface area (TPSA) is 18.5 Å². The van der Waals surface area contributed by atoms with E-state index in [4.69, 9.17) is 9.47 Å². The lowest BCUT2D eigenvalue weighted by Crippen LogP contribution is -2.01. The molecule has 0 heterocycles. The minimum atomic E-state index is 0.0473. The summed E-state index contributed by atoms with van der Waals surface area (Å²) in [5.41, 5.74) is 3.36. The molecular formula is C17H18Br2O2. The Labute approximate surface area is 142 Å². The van der Waals surface area contributed by atoms with Gasteiger partial charge in [0.2, 0.25) is 0 Å². The van der Waals surface area contributed by atoms with Gasteiger partial charge in [-0.05, 0) is 49.2 Å². The van der Waals surface area contributed by atoms with E-state index in [1.165, 1.54) is 0 Å². The Morgan fingerprint density at radius 3 is 2.52 bits per heavy atom. The molecule has 0 bridgehead atoms. The minimum absolute atomic E-state index is 0.0473. The van der Waals surface area contributed by atoms with Crippen molar-refractivity contribution in [3.8, 4) is 11.5 Å². The van der Waals surface area contributed by atoms with Gasteiger partial charge in [0, 0.05) is 10.0 Å². The van der Waals surface area contributed by atoms with Gasteiger partial charge in [0.15, 0.2) is 0 Å². The van der Waals surface area contributed by atoms with Crippen LogP contribution in [-0.2, 0) is 0 Å². The zero-order valence-electron chi connectivity index (χ0n) is 12.3. The van der Waals surface area contributed by atoms with Crippen LogP contribution in [0.25, 0.3) is 0 Å². The molecule has 2 aromatic rings. The third kappa shape index (κ3) is 3.80. The fraction of sp³-hybridized carbons (Fsp3) is 0.294. The largest absolute Gasteiger partial charge is 0.496 e. The normalized spacial score (nSPS) is 12.0. The van der Waals surface area contributed by atoms with Crippen LogP contribution < -0.4 is 9.47 Å². The minimum Gasteiger partial charge on any atom is -0.496 e. The van der Waals surface area contributed by atoms with Crippen molar-refractivity contribution < 1.29 is 9.47 Å². The molecule has 2 rings (SSSR count). The number of rotatable bonds is 5. The Bertz CT molecular complexity index is 626. The van der Waals surface area contributed by atoms with Crippen LogP contribution >= 0.6 is 31.9 Å². The van der Waals surface area contributed by atoms with Crippen molar-refractivity contribution in [3.63, 3.8) is 0 Å². The zero-order valence-corrected chi connectivity index (χ0v) is 15.5. The molecule has 0 aliphatic heterocycles. The molecule has 0 aliphatic carbocycles. The lowest BCUT2D eigenvalue weighted by molar-refractivity contribution is 0.337. The van der Waals surface area contributed by atoms with Gasteiger partial charge in [0.25, 0.3) is 0 Å². The monoisotopic (exact) mass is 412 g/mol. The SMILES string of the molecule is CCOc1ccc(Br)cc1C(Br)c1ccc(C)c(OC)c1. The molecule has 2 aromatic carbocycles. The molecule has 0 amide bonds. The molecular weight excluding hydrogens is 396 g/mol. The molecule has 0 spiro atoms. The van der Waals surface area contributed by atoms with E-state index in [0.29, 0.717) is 6.61 Å². The van der Waals surface area contributed by atoms with Gasteiger partial charge in [-0.25, -0.2) is 0 Å². The van der Waals surface area contributed by atoms with Gasteiger partial charge in [-0.1, -0.05) is 44.0 Å². The van der Waals surface area contributed by atoms with Gasteiger partial charge < -0.3 is 9.47 Å². The Morgan fingerprint density at radius 1 is 1.10 bits per heavy atom. The van der Waals surface area contributed by atoms with Gasteiger partial charge in [0.05, 0.1) is 18.5 Å². The van der Waals surface area contributed by atoms with E-state index in [1.807, 2.05) is 26.0 Å². The van der Waals surface area contributed by atoms with Gasteiger partial charge >= 0.3 is 0 Å². The van der Waals surface area contributed by atoms with E-state index in [1.54, 1.807) is 7.11 Å². The first kappa shape index (κ1) is 16.4. The maximum absolute atomic E-state index is 5.73. The second-order valence-electron chi connectivity index (χ2n) is 4.71. The van der Waals surface area contributed by atoms with Crippen LogP contribution in [0.3, 0.4) is 0 Å². The first-order valence-corrected chi connectivity index (χ1v) is 8.48. The average molecular weight is 414 g/mol. The molecule has 0 saturated carbocycles. The van der Waals surface area contributed by atoms with Crippen LogP contribution in [-0.4, -0.2) is 13.7 Å². The molecule has 0 aromatic heterocycles. The fourth-order valence-electron chi connectivity index (χ4n) is 2.18. The van der Waals surface area contributed by atoms with Gasteiger partial charge in [0.1, 0.15) is 11.5 Å². The summed E-state index contributed by atoms with van der Waals surface area (Å²) in [6.07, 6.45) is 0. The second kappa shape index (κ2) is 7.32. The summed E-state index contributed by atoms with van der Waals surface area (Å²) in [5, 5.41) is 0. The van der Waals surface area contributed by atoms with Crippen LogP contribution in [0.2, 0.25) is 0 Å². The number of alkyl halides is 1. The van der Waals surface area contributed by atoms with E-state index in [0.717, 1.165) is 32.7 Å². The number of halogens is 2. The van der Waals surface area contributed by atoms with Crippen molar-refractivity contribution in [2.75, 3.05) is 13.7 Å². The summed E-state index contributed by atoms with van der Waals surface area (Å²) in [4.78, 5) is 0.0473. The van der Waals surface area contributed by atoms with Crippen molar-refractivity contribution in [2.24, 2.45) is 0 Å². The average Bonchev–Trinajstić information content (AvgIpc) is 2.49. The molecule has 1 unspecified atom stereocenters. The maximum atomic E-state index is 5.73. The maximum Gasteiger partial charge on any atom is 0.124 e. The zero-order chi connectivity index (χ0) is 15.4. The third-order valence-electron chi connectivity index (χ3n) is 3.27. The van der Waals surface area contributed by atoms with Crippen LogP contribution in [0.1, 0.15) is 28.4 Å². The number of hydrogen-bond acceptors (Lipinski definition) is 2. The number of methoxy groups -OCH3 is 1. The molecule has 4 heteroatoms. The van der Waals surface area contributed by atoms with Crippen molar-refractivity contribution in [3.05, 3.63) is 57.6 Å². The van der Waals surface area contributed by atoms with Crippen molar-refractivity contribution in [2.45, 2.75) is 18.7 Å². The highest BCUT2D eigenvalue weighted by Gasteiger charge is 2.17. The number of hydrogen-bond donors (Lipinski definition) is 0. The van der Waals surface area contributed by atoms with Gasteiger partial charge in [-0.2, -0.15) is 0 Å². The molecule has 0 aliphatic rings.